The summed E-state index contributed by atoms with van der Waals surface area (Å²) in [4.78, 5) is 23.1. The molecule has 1 saturated carbocycles. The minimum atomic E-state index is 0.0816. The van der Waals surface area contributed by atoms with Crippen LogP contribution in [0.3, 0.4) is 0 Å². The van der Waals surface area contributed by atoms with Crippen LogP contribution in [0, 0.1) is 5.92 Å². The largest absolute Gasteiger partial charge is 0.360 e. The van der Waals surface area contributed by atoms with Crippen LogP contribution in [0.5, 0.6) is 0 Å². The maximum atomic E-state index is 12.7. The summed E-state index contributed by atoms with van der Waals surface area (Å²) in [7, 11) is 0. The van der Waals surface area contributed by atoms with Crippen LogP contribution >= 0.6 is 23.2 Å². The summed E-state index contributed by atoms with van der Waals surface area (Å²) >= 11 is 12.2. The fourth-order valence-electron chi connectivity index (χ4n) is 4.50. The Morgan fingerprint density at radius 3 is 2.83 bits per heavy atom. The predicted octanol–water partition coefficient (Wildman–Crippen LogP) is 4.12. The molecule has 3 atom stereocenters. The highest BCUT2D eigenvalue weighted by Crippen LogP contribution is 2.29. The molecule has 2 aliphatic rings. The molecule has 1 unspecified atom stereocenters. The predicted molar refractivity (Wildman–Crippen MR) is 118 cm³/mol. The molecule has 8 heteroatoms. The van der Waals surface area contributed by atoms with Gasteiger partial charge in [-0.1, -0.05) is 43.0 Å². The van der Waals surface area contributed by atoms with Crippen LogP contribution in [0.4, 0.5) is 5.82 Å². The maximum absolute atomic E-state index is 12.7. The minimum absolute atomic E-state index is 0.0816. The van der Waals surface area contributed by atoms with Crippen molar-refractivity contribution in [1.82, 2.24) is 20.2 Å². The molecule has 1 aromatic carbocycles. The van der Waals surface area contributed by atoms with Crippen LogP contribution in [-0.2, 0) is 4.79 Å². The Morgan fingerprint density at radius 1 is 1.17 bits per heavy atom. The number of aromatic nitrogens is 2. The van der Waals surface area contributed by atoms with E-state index in [0.29, 0.717) is 33.5 Å². The number of carbonyl (C=O) groups is 1. The van der Waals surface area contributed by atoms with Gasteiger partial charge in [-0.2, -0.15) is 0 Å². The zero-order valence-corrected chi connectivity index (χ0v) is 18.1. The molecule has 1 aliphatic carbocycles. The van der Waals surface area contributed by atoms with Crippen molar-refractivity contribution in [2.45, 2.75) is 51.1 Å². The number of likely N-dealkylation sites (tertiary alicyclic amines) is 1. The van der Waals surface area contributed by atoms with Gasteiger partial charge in [-0.25, -0.2) is 9.97 Å². The van der Waals surface area contributed by atoms with E-state index in [1.165, 1.54) is 32.0 Å². The molecule has 1 aliphatic heterocycles. The molecular formula is C21H27Cl2N5O. The quantitative estimate of drug-likeness (QED) is 0.738. The first-order chi connectivity index (χ1) is 14.0. The minimum Gasteiger partial charge on any atom is -0.360 e. The first-order valence-corrected chi connectivity index (χ1v) is 11.1. The Labute approximate surface area is 181 Å². The van der Waals surface area contributed by atoms with Crippen molar-refractivity contribution >= 4 is 45.8 Å². The lowest BCUT2D eigenvalue weighted by Crippen LogP contribution is -2.43. The van der Waals surface area contributed by atoms with Gasteiger partial charge in [0.2, 0.25) is 5.91 Å². The first-order valence-electron chi connectivity index (χ1n) is 10.4. The Morgan fingerprint density at radius 2 is 2.00 bits per heavy atom. The van der Waals surface area contributed by atoms with E-state index in [2.05, 4.69) is 27.5 Å². The smallest absolute Gasteiger partial charge is 0.241 e. The summed E-state index contributed by atoms with van der Waals surface area (Å²) in [6, 6.07) is 4.43. The molecule has 29 heavy (non-hydrogen) atoms. The number of rotatable bonds is 5. The molecule has 6 nitrogen and oxygen atoms in total. The highest BCUT2D eigenvalue weighted by Gasteiger charge is 2.29. The summed E-state index contributed by atoms with van der Waals surface area (Å²) in [5.41, 5.74) is 0.691. The van der Waals surface area contributed by atoms with E-state index in [9.17, 15) is 4.79 Å². The van der Waals surface area contributed by atoms with Gasteiger partial charge in [-0.05, 0) is 37.3 Å². The van der Waals surface area contributed by atoms with E-state index in [0.717, 1.165) is 30.8 Å². The lowest BCUT2D eigenvalue weighted by Gasteiger charge is -2.30. The second-order valence-electron chi connectivity index (χ2n) is 8.32. The third kappa shape index (κ3) is 4.93. The second-order valence-corrected chi connectivity index (χ2v) is 9.13. The summed E-state index contributed by atoms with van der Waals surface area (Å²) in [6.07, 6.45) is 7.62. The van der Waals surface area contributed by atoms with Crippen LogP contribution in [0.15, 0.2) is 18.5 Å². The molecule has 0 bridgehead atoms. The monoisotopic (exact) mass is 435 g/mol. The van der Waals surface area contributed by atoms with Crippen molar-refractivity contribution in [3.05, 3.63) is 28.5 Å². The number of halogens is 2. The average molecular weight is 436 g/mol. The van der Waals surface area contributed by atoms with Gasteiger partial charge in [-0.3, -0.25) is 4.79 Å². The summed E-state index contributed by atoms with van der Waals surface area (Å²) in [5.74, 6) is 1.47. The molecule has 156 valence electrons. The molecular weight excluding hydrogens is 409 g/mol. The topological polar surface area (TPSA) is 70.2 Å². The lowest BCUT2D eigenvalue weighted by atomic mass is 9.87. The van der Waals surface area contributed by atoms with Crippen LogP contribution < -0.4 is 10.6 Å². The van der Waals surface area contributed by atoms with Crippen molar-refractivity contribution in [3.8, 4) is 0 Å². The number of nitrogens with one attached hydrogen (secondary N) is 2. The normalized spacial score (nSPS) is 24.8. The van der Waals surface area contributed by atoms with E-state index in [-0.39, 0.29) is 12.5 Å². The second kappa shape index (κ2) is 9.02. The van der Waals surface area contributed by atoms with Crippen molar-refractivity contribution in [2.75, 3.05) is 25.0 Å². The van der Waals surface area contributed by atoms with E-state index in [4.69, 9.17) is 23.2 Å². The van der Waals surface area contributed by atoms with Gasteiger partial charge in [0.05, 0.1) is 22.1 Å². The standard InChI is InChI=1S/C21H27Cl2N5O/c1-13-3-2-4-14(7-13)27-15-5-6-28(11-15)20(29)10-24-21-16-8-17(22)18(23)9-19(16)25-12-26-21/h8-9,12-15,27H,2-7,10-11H2,1H3,(H,24,25,26)/t13-,14?,15-/m1/s1. The highest BCUT2D eigenvalue weighted by atomic mass is 35.5. The summed E-state index contributed by atoms with van der Waals surface area (Å²) < 4.78 is 0. The summed E-state index contributed by atoms with van der Waals surface area (Å²) in [6.45, 7) is 4.10. The van der Waals surface area contributed by atoms with Gasteiger partial charge in [0.25, 0.3) is 0 Å². The van der Waals surface area contributed by atoms with E-state index < -0.39 is 0 Å². The molecule has 2 aromatic rings. The van der Waals surface area contributed by atoms with Crippen molar-refractivity contribution < 1.29 is 4.79 Å². The molecule has 0 spiro atoms. The van der Waals surface area contributed by atoms with Crippen LogP contribution in [0.1, 0.15) is 39.0 Å². The molecule has 1 amide bonds. The van der Waals surface area contributed by atoms with E-state index in [1.807, 2.05) is 4.90 Å². The Bertz CT molecular complexity index is 893. The molecule has 1 saturated heterocycles. The van der Waals surface area contributed by atoms with Gasteiger partial charge in [0.1, 0.15) is 12.1 Å². The van der Waals surface area contributed by atoms with Crippen molar-refractivity contribution in [3.63, 3.8) is 0 Å². The number of amides is 1. The van der Waals surface area contributed by atoms with Gasteiger partial charge >= 0.3 is 0 Å². The molecule has 1 aromatic heterocycles. The number of anilines is 1. The van der Waals surface area contributed by atoms with E-state index >= 15 is 0 Å². The number of nitrogens with zero attached hydrogens (tertiary/aromatic N) is 3. The fourth-order valence-corrected chi connectivity index (χ4v) is 4.83. The lowest BCUT2D eigenvalue weighted by molar-refractivity contribution is -0.128. The van der Waals surface area contributed by atoms with Gasteiger partial charge < -0.3 is 15.5 Å². The Hall–Kier alpha value is -1.63. The van der Waals surface area contributed by atoms with Gasteiger partial charge in [-0.15, -0.1) is 0 Å². The zero-order valence-electron chi connectivity index (χ0n) is 16.6. The average Bonchev–Trinajstić information content (AvgIpc) is 3.16. The number of hydrogen-bond donors (Lipinski definition) is 2. The molecule has 2 N–H and O–H groups in total. The first kappa shape index (κ1) is 20.6. The van der Waals surface area contributed by atoms with Crippen LogP contribution in [-0.4, -0.2) is 52.5 Å². The number of hydrogen-bond acceptors (Lipinski definition) is 5. The van der Waals surface area contributed by atoms with E-state index in [1.54, 1.807) is 12.1 Å². The van der Waals surface area contributed by atoms with Gasteiger partial charge in [0, 0.05) is 30.6 Å². The van der Waals surface area contributed by atoms with Crippen molar-refractivity contribution in [1.29, 1.82) is 0 Å². The third-order valence-electron chi connectivity index (χ3n) is 6.03. The third-order valence-corrected chi connectivity index (χ3v) is 6.76. The highest BCUT2D eigenvalue weighted by molar-refractivity contribution is 6.42. The Balaban J connectivity index is 1.32. The van der Waals surface area contributed by atoms with Crippen LogP contribution in [0.25, 0.3) is 10.9 Å². The molecule has 2 fully saturated rings. The van der Waals surface area contributed by atoms with Crippen molar-refractivity contribution in [2.24, 2.45) is 5.92 Å². The molecule has 2 heterocycles. The van der Waals surface area contributed by atoms with Gasteiger partial charge in [0.15, 0.2) is 0 Å². The fraction of sp³-hybridized carbons (Fsp3) is 0.571. The number of benzene rings is 1. The summed E-state index contributed by atoms with van der Waals surface area (Å²) in [5, 5.41) is 8.57. The SMILES string of the molecule is C[C@@H]1CCCC(N[C@@H]2CCN(C(=O)CNc3ncnc4cc(Cl)c(Cl)cc34)C2)C1. The van der Waals surface area contributed by atoms with Crippen LogP contribution in [0.2, 0.25) is 10.0 Å². The molecule has 0 radical (unpaired) electrons. The Kier molecular flexibility index (Phi) is 6.42. The molecule has 4 rings (SSSR count). The maximum Gasteiger partial charge on any atom is 0.241 e. The number of fused-ring (bicyclic) bond motifs is 1. The zero-order chi connectivity index (χ0) is 20.4. The number of carbonyl (C=O) groups excluding carboxylic acids is 1.